The molecule has 0 aliphatic carbocycles. The number of hydrogen-bond donors (Lipinski definition) is 0. The van der Waals surface area contributed by atoms with Crippen molar-refractivity contribution in [1.82, 2.24) is 0 Å². The van der Waals surface area contributed by atoms with Gasteiger partial charge in [0, 0.05) is 5.02 Å². The minimum atomic E-state index is -0.403. The molecule has 0 bridgehead atoms. The molecule has 0 unspecified atom stereocenters. The monoisotopic (exact) mass is 222 g/mol. The van der Waals surface area contributed by atoms with Crippen molar-refractivity contribution >= 4 is 23.6 Å². The second kappa shape index (κ2) is 5.37. The van der Waals surface area contributed by atoms with Gasteiger partial charge >= 0.3 is 5.97 Å². The van der Waals surface area contributed by atoms with E-state index in [4.69, 9.17) is 11.6 Å². The van der Waals surface area contributed by atoms with Crippen LogP contribution >= 0.6 is 11.6 Å². The standard InChI is InChI=1S/C12H11ClO2/c1-3-10(12(14)15-2)8-9-4-6-11(13)7-5-9/h3-8H,1H2,2H3. The Morgan fingerprint density at radius 3 is 2.47 bits per heavy atom. The Morgan fingerprint density at radius 1 is 1.40 bits per heavy atom. The summed E-state index contributed by atoms with van der Waals surface area (Å²) in [6.07, 6.45) is 3.15. The zero-order valence-corrected chi connectivity index (χ0v) is 9.12. The van der Waals surface area contributed by atoms with Crippen molar-refractivity contribution in [3.05, 3.63) is 53.1 Å². The number of carbonyl (C=O) groups excluding carboxylic acids is 1. The second-order valence-electron chi connectivity index (χ2n) is 2.85. The van der Waals surface area contributed by atoms with E-state index >= 15 is 0 Å². The van der Waals surface area contributed by atoms with E-state index < -0.39 is 5.97 Å². The Morgan fingerprint density at radius 2 is 2.00 bits per heavy atom. The molecule has 15 heavy (non-hydrogen) atoms. The van der Waals surface area contributed by atoms with E-state index in [-0.39, 0.29) is 0 Å². The molecule has 0 saturated heterocycles. The Balaban J connectivity index is 2.98. The lowest BCUT2D eigenvalue weighted by atomic mass is 10.1. The van der Waals surface area contributed by atoms with Gasteiger partial charge in [0.25, 0.3) is 0 Å². The van der Waals surface area contributed by atoms with Crippen molar-refractivity contribution in [1.29, 1.82) is 0 Å². The first-order chi connectivity index (χ1) is 7.17. The molecule has 0 heterocycles. The summed E-state index contributed by atoms with van der Waals surface area (Å²) < 4.78 is 4.59. The molecule has 0 spiro atoms. The minimum Gasteiger partial charge on any atom is -0.465 e. The molecule has 0 saturated carbocycles. The lowest BCUT2D eigenvalue weighted by molar-refractivity contribution is -0.135. The molecule has 1 rings (SSSR count). The van der Waals surface area contributed by atoms with Crippen LogP contribution in [-0.4, -0.2) is 13.1 Å². The molecule has 1 aromatic rings. The van der Waals surface area contributed by atoms with Crippen LogP contribution in [0.15, 0.2) is 42.5 Å². The quantitative estimate of drug-likeness (QED) is 0.446. The van der Waals surface area contributed by atoms with Crippen LogP contribution in [0.3, 0.4) is 0 Å². The van der Waals surface area contributed by atoms with Gasteiger partial charge in [-0.2, -0.15) is 0 Å². The van der Waals surface area contributed by atoms with Gasteiger partial charge in [-0.05, 0) is 23.8 Å². The fourth-order valence-electron chi connectivity index (χ4n) is 1.06. The van der Waals surface area contributed by atoms with Crippen LogP contribution in [0, 0.1) is 0 Å². The zero-order valence-electron chi connectivity index (χ0n) is 8.37. The van der Waals surface area contributed by atoms with Gasteiger partial charge in [-0.3, -0.25) is 0 Å². The van der Waals surface area contributed by atoms with Gasteiger partial charge in [0.2, 0.25) is 0 Å². The molecule has 0 aliphatic rings. The van der Waals surface area contributed by atoms with Gasteiger partial charge in [-0.15, -0.1) is 0 Å². The molecule has 0 aromatic heterocycles. The number of benzene rings is 1. The summed E-state index contributed by atoms with van der Waals surface area (Å²) >= 11 is 5.74. The third-order valence-corrected chi connectivity index (χ3v) is 2.09. The molecule has 0 radical (unpaired) electrons. The Kier molecular flexibility index (Phi) is 4.13. The first-order valence-electron chi connectivity index (χ1n) is 4.35. The van der Waals surface area contributed by atoms with E-state index in [0.29, 0.717) is 10.6 Å². The summed E-state index contributed by atoms with van der Waals surface area (Å²) in [4.78, 5) is 11.2. The third kappa shape index (κ3) is 3.26. The highest BCUT2D eigenvalue weighted by Gasteiger charge is 2.04. The van der Waals surface area contributed by atoms with E-state index in [2.05, 4.69) is 11.3 Å². The molecule has 0 fully saturated rings. The van der Waals surface area contributed by atoms with E-state index in [9.17, 15) is 4.79 Å². The van der Waals surface area contributed by atoms with Crippen LogP contribution in [-0.2, 0) is 9.53 Å². The van der Waals surface area contributed by atoms with Crippen LogP contribution in [0.4, 0.5) is 0 Å². The Bertz CT molecular complexity index is 391. The maximum Gasteiger partial charge on any atom is 0.337 e. The van der Waals surface area contributed by atoms with Crippen LogP contribution in [0.2, 0.25) is 5.02 Å². The largest absolute Gasteiger partial charge is 0.465 e. The Hall–Kier alpha value is -1.54. The average molecular weight is 223 g/mol. The van der Waals surface area contributed by atoms with Gasteiger partial charge < -0.3 is 4.74 Å². The van der Waals surface area contributed by atoms with Gasteiger partial charge in [0.15, 0.2) is 0 Å². The highest BCUT2D eigenvalue weighted by Crippen LogP contribution is 2.13. The van der Waals surface area contributed by atoms with E-state index in [1.54, 1.807) is 18.2 Å². The smallest absolute Gasteiger partial charge is 0.337 e. The van der Waals surface area contributed by atoms with Crippen LogP contribution in [0.1, 0.15) is 5.56 Å². The summed E-state index contributed by atoms with van der Waals surface area (Å²) in [5, 5.41) is 0.658. The number of ether oxygens (including phenoxy) is 1. The SMILES string of the molecule is C=CC(=Cc1ccc(Cl)cc1)C(=O)OC. The summed E-state index contributed by atoms with van der Waals surface area (Å²) in [6.45, 7) is 3.55. The van der Waals surface area contributed by atoms with E-state index in [0.717, 1.165) is 5.56 Å². The lowest BCUT2D eigenvalue weighted by Gasteiger charge is -1.99. The van der Waals surface area contributed by atoms with E-state index in [1.165, 1.54) is 13.2 Å². The van der Waals surface area contributed by atoms with Gasteiger partial charge in [0.05, 0.1) is 12.7 Å². The average Bonchev–Trinajstić information content (AvgIpc) is 2.27. The van der Waals surface area contributed by atoms with Gasteiger partial charge in [0.1, 0.15) is 0 Å². The second-order valence-corrected chi connectivity index (χ2v) is 3.28. The van der Waals surface area contributed by atoms with Crippen LogP contribution in [0.25, 0.3) is 6.08 Å². The Labute approximate surface area is 93.8 Å². The molecule has 3 heteroatoms. The fraction of sp³-hybridized carbons (Fsp3) is 0.0833. The number of halogens is 1. The first kappa shape index (κ1) is 11.5. The summed E-state index contributed by atoms with van der Waals surface area (Å²) in [5.74, 6) is -0.403. The van der Waals surface area contributed by atoms with Crippen molar-refractivity contribution in [2.75, 3.05) is 7.11 Å². The maximum absolute atomic E-state index is 11.2. The van der Waals surface area contributed by atoms with Crippen molar-refractivity contribution in [3.63, 3.8) is 0 Å². The molecular weight excluding hydrogens is 212 g/mol. The molecule has 0 amide bonds. The maximum atomic E-state index is 11.2. The predicted molar refractivity (Wildman–Crippen MR) is 61.6 cm³/mol. The van der Waals surface area contributed by atoms with Crippen LogP contribution < -0.4 is 0 Å². The number of esters is 1. The van der Waals surface area contributed by atoms with Gasteiger partial charge in [-0.1, -0.05) is 36.4 Å². The summed E-state index contributed by atoms with van der Waals surface area (Å²) in [7, 11) is 1.33. The molecule has 78 valence electrons. The van der Waals surface area contributed by atoms with Crippen molar-refractivity contribution in [3.8, 4) is 0 Å². The van der Waals surface area contributed by atoms with E-state index in [1.807, 2.05) is 12.1 Å². The molecule has 1 aromatic carbocycles. The normalized spacial score (nSPS) is 10.9. The summed E-state index contributed by atoms with van der Waals surface area (Å²) in [6, 6.07) is 7.14. The molecule has 2 nitrogen and oxygen atoms in total. The van der Waals surface area contributed by atoms with Crippen molar-refractivity contribution in [2.24, 2.45) is 0 Å². The molecule has 0 aliphatic heterocycles. The lowest BCUT2D eigenvalue weighted by Crippen LogP contribution is -2.01. The number of rotatable bonds is 3. The van der Waals surface area contributed by atoms with Crippen molar-refractivity contribution in [2.45, 2.75) is 0 Å². The van der Waals surface area contributed by atoms with Crippen LogP contribution in [0.5, 0.6) is 0 Å². The topological polar surface area (TPSA) is 26.3 Å². The fourth-order valence-corrected chi connectivity index (χ4v) is 1.18. The highest BCUT2D eigenvalue weighted by atomic mass is 35.5. The minimum absolute atomic E-state index is 0.403. The predicted octanol–water partition coefficient (Wildman–Crippen LogP) is 3.08. The summed E-state index contributed by atoms with van der Waals surface area (Å²) in [5.41, 5.74) is 1.29. The molecule has 0 atom stereocenters. The number of carbonyl (C=O) groups is 1. The van der Waals surface area contributed by atoms with Gasteiger partial charge in [-0.25, -0.2) is 4.79 Å². The van der Waals surface area contributed by atoms with Crippen molar-refractivity contribution < 1.29 is 9.53 Å². The highest BCUT2D eigenvalue weighted by molar-refractivity contribution is 6.30. The first-order valence-corrected chi connectivity index (χ1v) is 4.73. The third-order valence-electron chi connectivity index (χ3n) is 1.83. The molecular formula is C12H11ClO2. The number of hydrogen-bond acceptors (Lipinski definition) is 2. The zero-order chi connectivity index (χ0) is 11.3. The number of methoxy groups -OCH3 is 1. The molecule has 0 N–H and O–H groups in total.